The van der Waals surface area contributed by atoms with E-state index in [1.54, 1.807) is 0 Å². The summed E-state index contributed by atoms with van der Waals surface area (Å²) in [4.78, 5) is 0. The Kier molecular flexibility index (Phi) is 7.67. The van der Waals surface area contributed by atoms with Crippen LogP contribution in [0.25, 0.3) is 82.2 Å². The van der Waals surface area contributed by atoms with Crippen LogP contribution >= 0.6 is 0 Å². The van der Waals surface area contributed by atoms with E-state index in [-0.39, 0.29) is 0 Å². The molecular formula is C56H39N3. The van der Waals surface area contributed by atoms with Gasteiger partial charge in [0.05, 0.1) is 33.1 Å². The highest BCUT2D eigenvalue weighted by Crippen LogP contribution is 2.40. The molecule has 0 fully saturated rings. The predicted molar refractivity (Wildman–Crippen MR) is 248 cm³/mol. The molecule has 0 spiro atoms. The molecule has 9 aromatic carbocycles. The molecular weight excluding hydrogens is 715 g/mol. The Morgan fingerprint density at radius 3 is 1.17 bits per heavy atom. The van der Waals surface area contributed by atoms with Gasteiger partial charge in [-0.05, 0) is 119 Å². The van der Waals surface area contributed by atoms with Crippen LogP contribution in [0.15, 0.2) is 212 Å². The third-order valence-corrected chi connectivity index (χ3v) is 12.2. The molecule has 3 nitrogen and oxygen atoms in total. The van der Waals surface area contributed by atoms with Gasteiger partial charge in [-0.3, -0.25) is 0 Å². The summed E-state index contributed by atoms with van der Waals surface area (Å²) in [5.74, 6) is 0. The predicted octanol–water partition coefficient (Wildman–Crippen LogP) is 14.2. The van der Waals surface area contributed by atoms with Gasteiger partial charge in [0.1, 0.15) is 0 Å². The molecule has 0 N–H and O–H groups in total. The number of hydrogen-bond donors (Lipinski definition) is 0. The Bertz CT molecular complexity index is 3480. The molecule has 0 saturated heterocycles. The molecule has 12 rings (SSSR count). The number of fused-ring (bicyclic) bond motifs is 9. The first-order valence-corrected chi connectivity index (χ1v) is 20.5. The standard InChI is InChI=1S/C56H39N3/c1-4-14-38(15-5-1)32-40-24-28-51-47(34-40)49-36-42(26-30-52(49)57(51)44-18-8-3-9-19-44)43-27-31-56-50(37-43)48-35-41(33-39-16-6-2-7-17-39)25-29-55(48)59(56)58-53-22-12-10-20-45(53)46-21-11-13-23-54(46)58/h1-31,34-37H,32-33H2. The van der Waals surface area contributed by atoms with E-state index in [9.17, 15) is 0 Å². The van der Waals surface area contributed by atoms with Gasteiger partial charge >= 0.3 is 0 Å². The summed E-state index contributed by atoms with van der Waals surface area (Å²) in [6, 6.07) is 78.1. The van der Waals surface area contributed by atoms with Crippen molar-refractivity contribution in [3.8, 4) is 16.8 Å². The summed E-state index contributed by atoms with van der Waals surface area (Å²) in [6.45, 7) is 0. The number of aromatic nitrogens is 3. The van der Waals surface area contributed by atoms with Crippen molar-refractivity contribution in [3.05, 3.63) is 235 Å². The molecule has 0 atom stereocenters. The lowest BCUT2D eigenvalue weighted by Crippen LogP contribution is -2.08. The Morgan fingerprint density at radius 1 is 0.254 bits per heavy atom. The van der Waals surface area contributed by atoms with Crippen molar-refractivity contribution in [1.29, 1.82) is 0 Å². The zero-order valence-electron chi connectivity index (χ0n) is 32.5. The molecule has 0 aliphatic carbocycles. The average Bonchev–Trinajstić information content (AvgIpc) is 3.91. The molecule has 3 heteroatoms. The van der Waals surface area contributed by atoms with E-state index in [2.05, 4.69) is 226 Å². The zero-order chi connectivity index (χ0) is 38.9. The summed E-state index contributed by atoms with van der Waals surface area (Å²) < 4.78 is 7.28. The number of hydrogen-bond acceptors (Lipinski definition) is 0. The highest BCUT2D eigenvalue weighted by Gasteiger charge is 2.20. The van der Waals surface area contributed by atoms with Crippen LogP contribution in [-0.2, 0) is 12.8 Å². The van der Waals surface area contributed by atoms with Crippen LogP contribution < -0.4 is 0 Å². The third-order valence-electron chi connectivity index (χ3n) is 12.2. The fraction of sp³-hybridized carbons (Fsp3) is 0.0357. The lowest BCUT2D eigenvalue weighted by Gasteiger charge is -2.13. The fourth-order valence-corrected chi connectivity index (χ4v) is 9.55. The Labute approximate surface area is 342 Å². The van der Waals surface area contributed by atoms with Crippen LogP contribution in [-0.4, -0.2) is 13.9 Å². The van der Waals surface area contributed by atoms with Gasteiger partial charge in [0, 0.05) is 38.0 Å². The molecule has 0 aliphatic rings. The highest BCUT2D eigenvalue weighted by atomic mass is 15.5. The largest absolute Gasteiger partial charge is 0.309 e. The van der Waals surface area contributed by atoms with Crippen LogP contribution in [0.5, 0.6) is 0 Å². The minimum atomic E-state index is 0.882. The zero-order valence-corrected chi connectivity index (χ0v) is 32.5. The molecule has 0 aliphatic heterocycles. The molecule has 3 aromatic heterocycles. The lowest BCUT2D eigenvalue weighted by atomic mass is 9.98. The van der Waals surface area contributed by atoms with E-state index in [0.717, 1.165) is 12.8 Å². The second kappa shape index (κ2) is 13.5. The van der Waals surface area contributed by atoms with Crippen LogP contribution in [0.2, 0.25) is 0 Å². The van der Waals surface area contributed by atoms with Crippen molar-refractivity contribution in [2.45, 2.75) is 12.8 Å². The van der Waals surface area contributed by atoms with E-state index in [1.807, 2.05) is 0 Å². The molecule has 0 radical (unpaired) electrons. The van der Waals surface area contributed by atoms with Gasteiger partial charge in [0.2, 0.25) is 0 Å². The van der Waals surface area contributed by atoms with E-state index in [1.165, 1.54) is 104 Å². The van der Waals surface area contributed by atoms with Crippen molar-refractivity contribution in [3.63, 3.8) is 0 Å². The van der Waals surface area contributed by atoms with Crippen molar-refractivity contribution in [2.75, 3.05) is 0 Å². The van der Waals surface area contributed by atoms with E-state index >= 15 is 0 Å². The van der Waals surface area contributed by atoms with Gasteiger partial charge in [-0.25, -0.2) is 9.35 Å². The Hall–Kier alpha value is -7.62. The van der Waals surface area contributed by atoms with Crippen LogP contribution in [0, 0.1) is 0 Å². The van der Waals surface area contributed by atoms with Gasteiger partial charge < -0.3 is 4.57 Å². The molecule has 12 aromatic rings. The maximum absolute atomic E-state index is 2.44. The summed E-state index contributed by atoms with van der Waals surface area (Å²) in [5, 5.41) is 7.54. The van der Waals surface area contributed by atoms with Gasteiger partial charge in [-0.15, -0.1) is 0 Å². The first kappa shape index (κ1) is 33.5. The van der Waals surface area contributed by atoms with Crippen molar-refractivity contribution in [2.24, 2.45) is 0 Å². The molecule has 59 heavy (non-hydrogen) atoms. The molecule has 0 bridgehead atoms. The average molecular weight is 754 g/mol. The molecule has 278 valence electrons. The molecule has 0 amide bonds. The van der Waals surface area contributed by atoms with Crippen molar-refractivity contribution in [1.82, 2.24) is 13.9 Å². The second-order valence-corrected chi connectivity index (χ2v) is 15.8. The maximum atomic E-state index is 2.44. The van der Waals surface area contributed by atoms with E-state index in [4.69, 9.17) is 0 Å². The van der Waals surface area contributed by atoms with Crippen LogP contribution in [0.3, 0.4) is 0 Å². The number of benzene rings is 9. The SMILES string of the molecule is c1ccc(Cc2ccc3c(c2)c2cc(-c4ccc5c(c4)c4cc(Cc6ccccc6)ccc4n5-n4c5ccccc5c5ccccc54)ccc2n3-c2ccccc2)cc1. The van der Waals surface area contributed by atoms with Gasteiger partial charge in [0.25, 0.3) is 0 Å². The quantitative estimate of drug-likeness (QED) is 0.154. The molecule has 3 heterocycles. The summed E-state index contributed by atoms with van der Waals surface area (Å²) in [6.07, 6.45) is 1.78. The number of para-hydroxylation sites is 3. The highest BCUT2D eigenvalue weighted by molar-refractivity contribution is 6.14. The maximum Gasteiger partial charge on any atom is 0.0716 e. The molecule has 0 saturated carbocycles. The van der Waals surface area contributed by atoms with E-state index in [0.29, 0.717) is 0 Å². The first-order valence-electron chi connectivity index (χ1n) is 20.5. The first-order chi connectivity index (χ1) is 29.2. The number of rotatable bonds is 7. The van der Waals surface area contributed by atoms with Gasteiger partial charge in [-0.1, -0.05) is 140 Å². The Morgan fingerprint density at radius 2 is 0.627 bits per heavy atom. The summed E-state index contributed by atoms with van der Waals surface area (Å²) in [7, 11) is 0. The summed E-state index contributed by atoms with van der Waals surface area (Å²) >= 11 is 0. The topological polar surface area (TPSA) is 14.8 Å². The van der Waals surface area contributed by atoms with Crippen LogP contribution in [0.1, 0.15) is 22.3 Å². The fourth-order valence-electron chi connectivity index (χ4n) is 9.55. The monoisotopic (exact) mass is 753 g/mol. The van der Waals surface area contributed by atoms with Crippen molar-refractivity contribution >= 4 is 65.4 Å². The van der Waals surface area contributed by atoms with Crippen molar-refractivity contribution < 1.29 is 0 Å². The minimum absolute atomic E-state index is 0.882. The summed E-state index contributed by atoms with van der Waals surface area (Å²) in [5.41, 5.74) is 16.0. The normalized spacial score (nSPS) is 11.9. The van der Waals surface area contributed by atoms with Gasteiger partial charge in [-0.2, -0.15) is 0 Å². The lowest BCUT2D eigenvalue weighted by molar-refractivity contribution is 0.774. The second-order valence-electron chi connectivity index (χ2n) is 15.8. The third kappa shape index (κ3) is 5.50. The van der Waals surface area contributed by atoms with E-state index < -0.39 is 0 Å². The number of nitrogens with zero attached hydrogens (tertiary/aromatic N) is 3. The smallest absolute Gasteiger partial charge is 0.0716 e. The van der Waals surface area contributed by atoms with Gasteiger partial charge in [0.15, 0.2) is 0 Å². The Balaban J connectivity index is 1.08. The minimum Gasteiger partial charge on any atom is -0.309 e. The molecule has 0 unspecified atom stereocenters. The van der Waals surface area contributed by atoms with Crippen LogP contribution in [0.4, 0.5) is 0 Å².